The molecule has 0 atom stereocenters. The maximum Gasteiger partial charge on any atom is 0.254 e. The van der Waals surface area contributed by atoms with Gasteiger partial charge in [0.1, 0.15) is 5.82 Å². The Hall–Kier alpha value is -6.77. The van der Waals surface area contributed by atoms with Gasteiger partial charge >= 0.3 is 0 Å². The second-order valence-electron chi connectivity index (χ2n) is 12.5. The minimum Gasteiger partial charge on any atom is -0.308 e. The third-order valence-corrected chi connectivity index (χ3v) is 10.0. The Kier molecular flexibility index (Phi) is 4.85. The number of hydrogen-bond acceptors (Lipinski definition) is 2. The van der Waals surface area contributed by atoms with Crippen molar-refractivity contribution in [3.63, 3.8) is 0 Å². The Labute approximate surface area is 274 Å². The first kappa shape index (κ1) is 25.4. The van der Waals surface area contributed by atoms with Crippen LogP contribution in [0.25, 0.3) is 104 Å². The van der Waals surface area contributed by atoms with E-state index >= 15 is 0 Å². The van der Waals surface area contributed by atoms with E-state index in [1.54, 1.807) is 0 Å². The Morgan fingerprint density at radius 2 is 1.12 bits per heavy atom. The zero-order chi connectivity index (χ0) is 31.5. The molecule has 0 unspecified atom stereocenters. The van der Waals surface area contributed by atoms with E-state index in [-0.39, 0.29) is 0 Å². The normalized spacial score (nSPS) is 12.1. The second kappa shape index (κ2) is 9.16. The van der Waals surface area contributed by atoms with Gasteiger partial charge in [0.2, 0.25) is 0 Å². The van der Waals surface area contributed by atoms with Crippen molar-refractivity contribution in [3.8, 4) is 28.5 Å². The van der Waals surface area contributed by atoms with Crippen LogP contribution in [0.4, 0.5) is 5.69 Å². The zero-order valence-corrected chi connectivity index (χ0v) is 25.5. The Morgan fingerprint density at radius 3 is 1.90 bits per heavy atom. The lowest BCUT2D eigenvalue weighted by molar-refractivity contribution is 1.06. The van der Waals surface area contributed by atoms with Crippen LogP contribution in [0.15, 0.2) is 140 Å². The van der Waals surface area contributed by atoms with E-state index in [1.807, 2.05) is 60.7 Å². The molecule has 11 rings (SSSR count). The summed E-state index contributed by atoms with van der Waals surface area (Å²) in [7, 11) is 0. The van der Waals surface area contributed by atoms with E-state index in [2.05, 4.69) is 92.7 Å². The first-order chi connectivity index (χ1) is 23.8. The molecule has 11 aromatic rings. The molecule has 48 heavy (non-hydrogen) atoms. The van der Waals surface area contributed by atoms with E-state index in [9.17, 15) is 0 Å². The van der Waals surface area contributed by atoms with Crippen LogP contribution in [-0.4, -0.2) is 18.9 Å². The van der Waals surface area contributed by atoms with Crippen LogP contribution in [0.5, 0.6) is 0 Å². The average Bonchev–Trinajstić information content (AvgIpc) is 3.63. The SMILES string of the molecule is [C-]#[N+]c1c(-c2ccccc2)nc(-c2ccccc2)nc1-n1c2ccc3cccc4c3c2c2c3c(ccc5c6ccccc6n4c53)ccc21. The summed E-state index contributed by atoms with van der Waals surface area (Å²) in [5, 5.41) is 9.63. The molecule has 5 heteroatoms. The van der Waals surface area contributed by atoms with E-state index < -0.39 is 0 Å². The topological polar surface area (TPSA) is 39.5 Å². The fourth-order valence-electron chi connectivity index (χ4n) is 8.09. The molecule has 0 N–H and O–H groups in total. The molecule has 0 aliphatic carbocycles. The number of rotatable bonds is 3. The van der Waals surface area contributed by atoms with Crippen molar-refractivity contribution >= 4 is 76.4 Å². The Morgan fingerprint density at radius 1 is 0.479 bits per heavy atom. The lowest BCUT2D eigenvalue weighted by atomic mass is 9.98. The van der Waals surface area contributed by atoms with Gasteiger partial charge in [-0.05, 0) is 40.6 Å². The van der Waals surface area contributed by atoms with Gasteiger partial charge in [-0.2, -0.15) is 0 Å². The molecule has 0 aliphatic heterocycles. The molecule has 220 valence electrons. The summed E-state index contributed by atoms with van der Waals surface area (Å²) < 4.78 is 4.68. The number of aromatic nitrogens is 4. The molecular formula is C43H23N5. The van der Waals surface area contributed by atoms with Crippen molar-refractivity contribution < 1.29 is 0 Å². The lowest BCUT2D eigenvalue weighted by Gasteiger charge is -2.15. The van der Waals surface area contributed by atoms with Gasteiger partial charge in [-0.15, -0.1) is 0 Å². The Bertz CT molecular complexity index is 3110. The average molecular weight is 610 g/mol. The van der Waals surface area contributed by atoms with Crippen molar-refractivity contribution in [2.45, 2.75) is 0 Å². The number of hydrogen-bond donors (Lipinski definition) is 0. The van der Waals surface area contributed by atoms with Gasteiger partial charge in [0, 0.05) is 37.9 Å². The van der Waals surface area contributed by atoms with Gasteiger partial charge in [0.05, 0.1) is 39.8 Å². The van der Waals surface area contributed by atoms with Crippen LogP contribution >= 0.6 is 0 Å². The third-order valence-electron chi connectivity index (χ3n) is 10.0. The summed E-state index contributed by atoms with van der Waals surface area (Å²) in [5.74, 6) is 1.17. The highest BCUT2D eigenvalue weighted by atomic mass is 15.1. The van der Waals surface area contributed by atoms with Gasteiger partial charge in [0.15, 0.2) is 5.82 Å². The van der Waals surface area contributed by atoms with Gasteiger partial charge in [-0.3, -0.25) is 0 Å². The van der Waals surface area contributed by atoms with Crippen molar-refractivity contribution in [2.24, 2.45) is 0 Å². The van der Waals surface area contributed by atoms with E-state index in [1.165, 1.54) is 54.1 Å². The predicted molar refractivity (Wildman–Crippen MR) is 197 cm³/mol. The standard InChI is InChI=1S/C43H23N5/c1-44-40-39(27-11-4-2-5-12-27)45-42(28-13-6-3-7-14-28)46-43(40)48-33-23-20-25-15-10-18-32-35(25)37(33)38-34(48)24-21-26-19-22-30-29-16-8-9-17-31(29)47(32)41(30)36(26)38/h2-24H. The number of benzene rings is 7. The highest BCUT2D eigenvalue weighted by Crippen LogP contribution is 2.48. The second-order valence-corrected chi connectivity index (χ2v) is 12.5. The fourth-order valence-corrected chi connectivity index (χ4v) is 8.09. The molecular weight excluding hydrogens is 587 g/mol. The minimum atomic E-state index is 0.428. The first-order valence-electron chi connectivity index (χ1n) is 16.1. The summed E-state index contributed by atoms with van der Waals surface area (Å²) in [5.41, 5.74) is 8.46. The van der Waals surface area contributed by atoms with Crippen molar-refractivity contribution in [2.75, 3.05) is 0 Å². The number of para-hydroxylation sites is 1. The largest absolute Gasteiger partial charge is 0.308 e. The van der Waals surface area contributed by atoms with Crippen LogP contribution in [0.2, 0.25) is 0 Å². The Balaban J connectivity index is 1.40. The van der Waals surface area contributed by atoms with Gasteiger partial charge < -0.3 is 8.97 Å². The third kappa shape index (κ3) is 3.14. The van der Waals surface area contributed by atoms with E-state index in [0.29, 0.717) is 23.0 Å². The van der Waals surface area contributed by atoms with Gasteiger partial charge in [0.25, 0.3) is 5.69 Å². The van der Waals surface area contributed by atoms with Crippen LogP contribution in [0.1, 0.15) is 0 Å². The lowest BCUT2D eigenvalue weighted by Crippen LogP contribution is -2.03. The summed E-state index contributed by atoms with van der Waals surface area (Å²) in [6.45, 7) is 8.54. The molecule has 0 saturated carbocycles. The van der Waals surface area contributed by atoms with E-state index in [0.717, 1.165) is 27.7 Å². The van der Waals surface area contributed by atoms with Crippen LogP contribution in [0, 0.1) is 6.57 Å². The summed E-state index contributed by atoms with van der Waals surface area (Å²) in [6, 6.07) is 48.7. The highest BCUT2D eigenvalue weighted by Gasteiger charge is 2.27. The molecule has 0 spiro atoms. The molecule has 0 bridgehead atoms. The zero-order valence-electron chi connectivity index (χ0n) is 25.5. The van der Waals surface area contributed by atoms with Crippen molar-refractivity contribution in [1.82, 2.24) is 18.9 Å². The first-order valence-corrected chi connectivity index (χ1v) is 16.1. The summed E-state index contributed by atoms with van der Waals surface area (Å²) in [6.07, 6.45) is 0. The number of nitrogens with zero attached hydrogens (tertiary/aromatic N) is 5. The predicted octanol–water partition coefficient (Wildman–Crippen LogP) is 11.2. The van der Waals surface area contributed by atoms with Crippen molar-refractivity contribution in [1.29, 1.82) is 0 Å². The molecule has 5 nitrogen and oxygen atoms in total. The summed E-state index contributed by atoms with van der Waals surface area (Å²) >= 11 is 0. The maximum absolute atomic E-state index is 8.54. The summed E-state index contributed by atoms with van der Waals surface area (Å²) in [4.78, 5) is 14.5. The quantitative estimate of drug-likeness (QED) is 0.187. The molecule has 0 aliphatic rings. The van der Waals surface area contributed by atoms with E-state index in [4.69, 9.17) is 16.5 Å². The fraction of sp³-hybridized carbons (Fsp3) is 0. The smallest absolute Gasteiger partial charge is 0.254 e. The molecule has 0 fully saturated rings. The molecule has 4 heterocycles. The molecule has 7 aromatic carbocycles. The number of fused-ring (bicyclic) bond motifs is 4. The van der Waals surface area contributed by atoms with Crippen LogP contribution in [-0.2, 0) is 0 Å². The molecule has 0 amide bonds. The minimum absolute atomic E-state index is 0.428. The molecule has 0 saturated heterocycles. The van der Waals surface area contributed by atoms with Crippen molar-refractivity contribution in [3.05, 3.63) is 151 Å². The molecule has 4 aromatic heterocycles. The van der Waals surface area contributed by atoms with Crippen LogP contribution < -0.4 is 0 Å². The highest BCUT2D eigenvalue weighted by molar-refractivity contribution is 6.37. The molecule has 0 radical (unpaired) electrons. The monoisotopic (exact) mass is 609 g/mol. The maximum atomic E-state index is 8.54. The van der Waals surface area contributed by atoms with Gasteiger partial charge in [-0.1, -0.05) is 115 Å². The van der Waals surface area contributed by atoms with Crippen LogP contribution in [0.3, 0.4) is 0 Å². The van der Waals surface area contributed by atoms with Gasteiger partial charge in [-0.25, -0.2) is 14.8 Å².